The largest absolute Gasteiger partial charge is 0.497 e. The lowest BCUT2D eigenvalue weighted by molar-refractivity contribution is 0.158. The average molecular weight is 356 g/mol. The van der Waals surface area contributed by atoms with Crippen molar-refractivity contribution in [2.24, 2.45) is 0 Å². The number of hydrogen-bond acceptors (Lipinski definition) is 3. The van der Waals surface area contributed by atoms with Gasteiger partial charge in [0.25, 0.3) is 0 Å². The number of ether oxygens (including phenoxy) is 1. The van der Waals surface area contributed by atoms with E-state index >= 15 is 0 Å². The number of nitrogens with zero attached hydrogens (tertiary/aromatic N) is 2. The van der Waals surface area contributed by atoms with Crippen LogP contribution >= 0.6 is 15.9 Å². The molecule has 0 aliphatic carbocycles. The number of hydrogen-bond donors (Lipinski definition) is 1. The number of carbonyl (C=O) groups excluding carboxylic acids is 1. The summed E-state index contributed by atoms with van der Waals surface area (Å²) in [5.74, 6) is 0.826. The fourth-order valence-electron chi connectivity index (χ4n) is 2.50. The predicted molar refractivity (Wildman–Crippen MR) is 88.0 cm³/mol. The highest BCUT2D eigenvalue weighted by atomic mass is 79.9. The van der Waals surface area contributed by atoms with E-state index in [0.717, 1.165) is 41.8 Å². The minimum absolute atomic E-state index is 0.0950. The van der Waals surface area contributed by atoms with E-state index in [1.54, 1.807) is 26.1 Å². The monoisotopic (exact) mass is 355 g/mol. The van der Waals surface area contributed by atoms with Crippen molar-refractivity contribution in [3.05, 3.63) is 22.7 Å². The zero-order valence-electron chi connectivity index (χ0n) is 12.7. The summed E-state index contributed by atoms with van der Waals surface area (Å²) in [5, 5.41) is 3.52. The van der Waals surface area contributed by atoms with Crippen LogP contribution in [0.5, 0.6) is 5.75 Å². The minimum atomic E-state index is 0.0950. The molecular formula is C15H22BrN3O2. The second-order valence-corrected chi connectivity index (χ2v) is 6.38. The zero-order chi connectivity index (χ0) is 15.4. The van der Waals surface area contributed by atoms with Gasteiger partial charge in [-0.2, -0.15) is 0 Å². The molecule has 0 atom stereocenters. The van der Waals surface area contributed by atoms with E-state index in [9.17, 15) is 4.79 Å². The van der Waals surface area contributed by atoms with Crippen molar-refractivity contribution in [2.45, 2.75) is 18.9 Å². The van der Waals surface area contributed by atoms with Gasteiger partial charge in [-0.1, -0.05) is 15.9 Å². The fourth-order valence-corrected chi connectivity index (χ4v) is 2.97. The highest BCUT2D eigenvalue weighted by Crippen LogP contribution is 2.26. The molecule has 1 heterocycles. The molecule has 1 N–H and O–H groups in total. The first-order chi connectivity index (χ1) is 9.99. The molecule has 0 radical (unpaired) electrons. The van der Waals surface area contributed by atoms with Crippen molar-refractivity contribution >= 4 is 27.6 Å². The molecule has 1 aromatic carbocycles. The Morgan fingerprint density at radius 1 is 1.33 bits per heavy atom. The van der Waals surface area contributed by atoms with Gasteiger partial charge in [0.1, 0.15) is 5.75 Å². The Bertz CT molecular complexity index is 500. The second-order valence-electron chi connectivity index (χ2n) is 5.46. The lowest BCUT2D eigenvalue weighted by atomic mass is 10.0. The topological polar surface area (TPSA) is 44.8 Å². The Kier molecular flexibility index (Phi) is 5.33. The van der Waals surface area contributed by atoms with Gasteiger partial charge in [-0.25, -0.2) is 4.79 Å². The minimum Gasteiger partial charge on any atom is -0.497 e. The van der Waals surface area contributed by atoms with Crippen LogP contribution in [-0.4, -0.2) is 56.2 Å². The molecule has 21 heavy (non-hydrogen) atoms. The first-order valence-electron chi connectivity index (χ1n) is 7.07. The lowest BCUT2D eigenvalue weighted by Crippen LogP contribution is -2.46. The van der Waals surface area contributed by atoms with E-state index in [2.05, 4.69) is 21.2 Å². The van der Waals surface area contributed by atoms with Crippen LogP contribution in [0.15, 0.2) is 22.7 Å². The molecule has 1 saturated heterocycles. The molecule has 2 rings (SSSR count). The summed E-state index contributed by atoms with van der Waals surface area (Å²) in [5.41, 5.74) is 1.04. The maximum atomic E-state index is 11.9. The van der Waals surface area contributed by atoms with Crippen molar-refractivity contribution in [2.75, 3.05) is 39.6 Å². The number of benzene rings is 1. The molecule has 1 fully saturated rings. The van der Waals surface area contributed by atoms with Crippen LogP contribution < -0.4 is 10.1 Å². The van der Waals surface area contributed by atoms with Gasteiger partial charge in [0.05, 0.1) is 7.11 Å². The number of urea groups is 1. The van der Waals surface area contributed by atoms with Gasteiger partial charge >= 0.3 is 6.03 Å². The molecule has 5 nitrogen and oxygen atoms in total. The van der Waals surface area contributed by atoms with Gasteiger partial charge in [0.15, 0.2) is 0 Å². The number of likely N-dealkylation sites (tertiary alicyclic amines) is 1. The summed E-state index contributed by atoms with van der Waals surface area (Å²) in [6, 6.07) is 6.44. The average Bonchev–Trinajstić information content (AvgIpc) is 2.46. The highest BCUT2D eigenvalue weighted by Gasteiger charge is 2.23. The molecule has 6 heteroatoms. The van der Waals surface area contributed by atoms with Crippen LogP contribution in [0.2, 0.25) is 0 Å². The number of nitrogens with one attached hydrogen (secondary N) is 1. The summed E-state index contributed by atoms with van der Waals surface area (Å²) in [4.78, 5) is 15.4. The highest BCUT2D eigenvalue weighted by molar-refractivity contribution is 9.10. The van der Waals surface area contributed by atoms with E-state index in [4.69, 9.17) is 4.74 Å². The van der Waals surface area contributed by atoms with Crippen molar-refractivity contribution < 1.29 is 9.53 Å². The first kappa shape index (κ1) is 15.9. The van der Waals surface area contributed by atoms with E-state index < -0.39 is 0 Å². The van der Waals surface area contributed by atoms with Crippen LogP contribution in [-0.2, 0) is 0 Å². The SMILES string of the molecule is COc1cc(Br)cc(NC2CCN(C(=O)N(C)C)CC2)c1. The maximum Gasteiger partial charge on any atom is 0.319 e. The van der Waals surface area contributed by atoms with E-state index in [1.165, 1.54) is 0 Å². The van der Waals surface area contributed by atoms with E-state index in [-0.39, 0.29) is 6.03 Å². The normalized spacial score (nSPS) is 15.7. The number of halogens is 1. The molecule has 1 aromatic rings. The smallest absolute Gasteiger partial charge is 0.319 e. The van der Waals surface area contributed by atoms with Gasteiger partial charge in [-0.3, -0.25) is 0 Å². The van der Waals surface area contributed by atoms with Crippen molar-refractivity contribution in [3.8, 4) is 5.75 Å². The molecule has 0 unspecified atom stereocenters. The Labute approximate surface area is 134 Å². The summed E-state index contributed by atoms with van der Waals surface area (Å²) in [6.45, 7) is 1.58. The Morgan fingerprint density at radius 2 is 2.00 bits per heavy atom. The molecule has 1 aliphatic rings. The van der Waals surface area contributed by atoms with Gasteiger partial charge < -0.3 is 19.9 Å². The summed E-state index contributed by atoms with van der Waals surface area (Å²) >= 11 is 3.48. The van der Waals surface area contributed by atoms with Gasteiger partial charge in [0.2, 0.25) is 0 Å². The number of methoxy groups -OCH3 is 1. The molecule has 0 aromatic heterocycles. The van der Waals surface area contributed by atoms with Crippen LogP contribution in [0, 0.1) is 0 Å². The molecule has 2 amide bonds. The van der Waals surface area contributed by atoms with Crippen LogP contribution in [0.4, 0.5) is 10.5 Å². The third-order valence-corrected chi connectivity index (χ3v) is 4.08. The number of anilines is 1. The van der Waals surface area contributed by atoms with Crippen LogP contribution in [0.25, 0.3) is 0 Å². The van der Waals surface area contributed by atoms with Crippen LogP contribution in [0.3, 0.4) is 0 Å². The molecule has 0 saturated carbocycles. The molecule has 1 aliphatic heterocycles. The molecule has 0 bridgehead atoms. The molecule has 116 valence electrons. The fraction of sp³-hybridized carbons (Fsp3) is 0.533. The van der Waals surface area contributed by atoms with Crippen molar-refractivity contribution in [1.29, 1.82) is 0 Å². The molecule has 0 spiro atoms. The summed E-state index contributed by atoms with van der Waals surface area (Å²) in [6.07, 6.45) is 1.91. The van der Waals surface area contributed by atoms with Gasteiger partial charge in [-0.05, 0) is 25.0 Å². The van der Waals surface area contributed by atoms with E-state index in [1.807, 2.05) is 23.1 Å². The van der Waals surface area contributed by atoms with Crippen molar-refractivity contribution in [1.82, 2.24) is 9.80 Å². The summed E-state index contributed by atoms with van der Waals surface area (Å²) < 4.78 is 6.26. The standard InChI is InChI=1S/C15H22BrN3O2/c1-18(2)15(20)19-6-4-12(5-7-19)17-13-8-11(16)9-14(10-13)21-3/h8-10,12,17H,4-7H2,1-3H3. The quantitative estimate of drug-likeness (QED) is 0.906. The van der Waals surface area contributed by atoms with E-state index in [0.29, 0.717) is 6.04 Å². The Morgan fingerprint density at radius 3 is 2.57 bits per heavy atom. The van der Waals surface area contributed by atoms with Gasteiger partial charge in [-0.15, -0.1) is 0 Å². The third-order valence-electron chi connectivity index (χ3n) is 3.63. The number of rotatable bonds is 3. The Balaban J connectivity index is 1.92. The zero-order valence-corrected chi connectivity index (χ0v) is 14.3. The first-order valence-corrected chi connectivity index (χ1v) is 7.86. The van der Waals surface area contributed by atoms with Gasteiger partial charge in [0, 0.05) is 49.5 Å². The predicted octanol–water partition coefficient (Wildman–Crippen LogP) is 3.02. The number of piperidine rings is 1. The third kappa shape index (κ3) is 4.27. The number of carbonyl (C=O) groups is 1. The second kappa shape index (κ2) is 7.02. The molecular weight excluding hydrogens is 334 g/mol. The van der Waals surface area contributed by atoms with Crippen LogP contribution in [0.1, 0.15) is 12.8 Å². The lowest BCUT2D eigenvalue weighted by Gasteiger charge is -2.34. The van der Waals surface area contributed by atoms with Crippen molar-refractivity contribution in [3.63, 3.8) is 0 Å². The summed E-state index contributed by atoms with van der Waals surface area (Å²) in [7, 11) is 5.25. The Hall–Kier alpha value is -1.43. The number of amides is 2. The maximum absolute atomic E-state index is 11.9.